The van der Waals surface area contributed by atoms with E-state index in [0.717, 1.165) is 12.8 Å². The second-order valence-corrected chi connectivity index (χ2v) is 6.60. The first kappa shape index (κ1) is 22.9. The van der Waals surface area contributed by atoms with Crippen molar-refractivity contribution in [3.63, 3.8) is 0 Å². The van der Waals surface area contributed by atoms with Crippen molar-refractivity contribution in [3.05, 3.63) is 71.3 Å². The van der Waals surface area contributed by atoms with E-state index in [4.69, 9.17) is 0 Å². The van der Waals surface area contributed by atoms with Crippen LogP contribution in [0, 0.1) is 11.6 Å². The minimum atomic E-state index is -0.327. The third-order valence-corrected chi connectivity index (χ3v) is 4.10. The zero-order valence-electron chi connectivity index (χ0n) is 16.5. The smallest absolute Gasteiger partial charge is 0.240 e. The van der Waals surface area contributed by atoms with Gasteiger partial charge in [0.15, 0.2) is 0 Å². The first-order chi connectivity index (χ1) is 14.5. The van der Waals surface area contributed by atoms with E-state index in [1.165, 1.54) is 36.7 Å². The summed E-state index contributed by atoms with van der Waals surface area (Å²) in [5.41, 5.74) is 6.24. The molecule has 0 saturated carbocycles. The number of unbranched alkanes of at least 4 members (excludes halogenated alkanes) is 3. The van der Waals surface area contributed by atoms with Crippen molar-refractivity contribution in [2.24, 2.45) is 10.2 Å². The third-order valence-electron chi connectivity index (χ3n) is 4.10. The fourth-order valence-electron chi connectivity index (χ4n) is 2.49. The van der Waals surface area contributed by atoms with Gasteiger partial charge in [0.05, 0.1) is 12.4 Å². The highest BCUT2D eigenvalue weighted by Gasteiger charge is 2.02. The van der Waals surface area contributed by atoms with E-state index >= 15 is 0 Å². The number of nitrogens with zero attached hydrogens (tertiary/aromatic N) is 2. The van der Waals surface area contributed by atoms with Gasteiger partial charge in [0.1, 0.15) is 11.6 Å². The average molecular weight is 414 g/mol. The summed E-state index contributed by atoms with van der Waals surface area (Å²) in [6.45, 7) is 0. The van der Waals surface area contributed by atoms with Crippen LogP contribution in [0.25, 0.3) is 0 Å². The molecule has 0 bridgehead atoms. The van der Waals surface area contributed by atoms with Gasteiger partial charge in [0.2, 0.25) is 11.8 Å². The van der Waals surface area contributed by atoms with Gasteiger partial charge >= 0.3 is 0 Å². The molecule has 0 atom stereocenters. The lowest BCUT2D eigenvalue weighted by molar-refractivity contribution is -0.122. The number of hydrogen-bond acceptors (Lipinski definition) is 4. The summed E-state index contributed by atoms with van der Waals surface area (Å²) in [4.78, 5) is 23.4. The fourth-order valence-corrected chi connectivity index (χ4v) is 2.49. The van der Waals surface area contributed by atoms with Gasteiger partial charge in [-0.25, -0.2) is 19.6 Å². The lowest BCUT2D eigenvalue weighted by atomic mass is 10.1. The van der Waals surface area contributed by atoms with Crippen molar-refractivity contribution in [2.45, 2.75) is 38.5 Å². The van der Waals surface area contributed by atoms with Crippen LogP contribution in [0.15, 0.2) is 58.7 Å². The normalized spacial score (nSPS) is 11.1. The van der Waals surface area contributed by atoms with Crippen molar-refractivity contribution in [1.29, 1.82) is 0 Å². The minimum absolute atomic E-state index is 0.193. The highest BCUT2D eigenvalue weighted by Crippen LogP contribution is 2.06. The van der Waals surface area contributed by atoms with Crippen molar-refractivity contribution in [2.75, 3.05) is 0 Å². The molecule has 6 nitrogen and oxygen atoms in total. The molecule has 0 aliphatic heterocycles. The zero-order chi connectivity index (χ0) is 21.6. The van der Waals surface area contributed by atoms with Crippen LogP contribution in [0.1, 0.15) is 49.7 Å². The van der Waals surface area contributed by atoms with E-state index in [2.05, 4.69) is 21.1 Å². The Labute approximate surface area is 174 Å². The van der Waals surface area contributed by atoms with Gasteiger partial charge in [0.25, 0.3) is 0 Å². The van der Waals surface area contributed by atoms with E-state index in [0.29, 0.717) is 36.8 Å². The standard InChI is InChI=1S/C22H24F2N4O2/c23-19-11-7-17(8-12-19)15-25-27-21(29)5-3-1-2-4-6-22(30)28-26-16-18-9-13-20(24)14-10-18/h7-16H,1-6H2,(H,27,29)(H,28,30). The van der Waals surface area contributed by atoms with Gasteiger partial charge in [-0.3, -0.25) is 9.59 Å². The predicted octanol–water partition coefficient (Wildman–Crippen LogP) is 3.91. The lowest BCUT2D eigenvalue weighted by Crippen LogP contribution is -2.17. The Bertz CT molecular complexity index is 792. The van der Waals surface area contributed by atoms with E-state index < -0.39 is 0 Å². The predicted molar refractivity (Wildman–Crippen MR) is 112 cm³/mol. The molecule has 2 N–H and O–H groups in total. The first-order valence-corrected chi connectivity index (χ1v) is 9.68. The van der Waals surface area contributed by atoms with Crippen molar-refractivity contribution in [1.82, 2.24) is 10.9 Å². The molecule has 2 aromatic carbocycles. The molecule has 8 heteroatoms. The summed E-state index contributed by atoms with van der Waals surface area (Å²) < 4.78 is 25.6. The Hall–Kier alpha value is -3.42. The second-order valence-electron chi connectivity index (χ2n) is 6.60. The first-order valence-electron chi connectivity index (χ1n) is 9.68. The maximum Gasteiger partial charge on any atom is 0.240 e. The van der Waals surface area contributed by atoms with Crippen LogP contribution in [-0.4, -0.2) is 24.2 Å². The molecule has 2 rings (SSSR count). The molecule has 0 unspecified atom stereocenters. The Kier molecular flexibility index (Phi) is 9.85. The van der Waals surface area contributed by atoms with Gasteiger partial charge in [-0.05, 0) is 48.2 Å². The Balaban J connectivity index is 1.49. The molecule has 0 spiro atoms. The number of amides is 2. The highest BCUT2D eigenvalue weighted by atomic mass is 19.1. The fraction of sp³-hybridized carbons (Fsp3) is 0.273. The summed E-state index contributed by atoms with van der Waals surface area (Å²) in [5, 5.41) is 7.66. The summed E-state index contributed by atoms with van der Waals surface area (Å²) in [6, 6.07) is 11.5. The second kappa shape index (κ2) is 12.9. The number of carbonyl (C=O) groups excluding carboxylic acids is 2. The van der Waals surface area contributed by atoms with E-state index in [-0.39, 0.29) is 23.4 Å². The topological polar surface area (TPSA) is 82.9 Å². The van der Waals surface area contributed by atoms with Crippen molar-refractivity contribution < 1.29 is 18.4 Å². The van der Waals surface area contributed by atoms with Gasteiger partial charge < -0.3 is 0 Å². The molecule has 0 saturated heterocycles. The van der Waals surface area contributed by atoms with Crippen LogP contribution < -0.4 is 10.9 Å². The Morgan fingerprint density at radius 3 is 1.40 bits per heavy atom. The zero-order valence-corrected chi connectivity index (χ0v) is 16.5. The molecule has 0 radical (unpaired) electrons. The van der Waals surface area contributed by atoms with E-state index in [1.54, 1.807) is 24.3 Å². The number of benzene rings is 2. The molecule has 0 aliphatic rings. The molecule has 158 valence electrons. The quantitative estimate of drug-likeness (QED) is 0.332. The molecule has 0 fully saturated rings. The van der Waals surface area contributed by atoms with E-state index in [1.807, 2.05) is 0 Å². The van der Waals surface area contributed by atoms with Crippen LogP contribution in [0.5, 0.6) is 0 Å². The van der Waals surface area contributed by atoms with Crippen LogP contribution in [0.3, 0.4) is 0 Å². The van der Waals surface area contributed by atoms with Crippen LogP contribution >= 0.6 is 0 Å². The van der Waals surface area contributed by atoms with Gasteiger partial charge in [-0.1, -0.05) is 37.1 Å². The monoisotopic (exact) mass is 414 g/mol. The molecular formula is C22H24F2N4O2. The summed E-state index contributed by atoms with van der Waals surface area (Å²) in [7, 11) is 0. The van der Waals surface area contributed by atoms with Crippen LogP contribution in [-0.2, 0) is 9.59 Å². The summed E-state index contributed by atoms with van der Waals surface area (Å²) in [6.07, 6.45) is 6.62. The number of rotatable bonds is 11. The largest absolute Gasteiger partial charge is 0.273 e. The highest BCUT2D eigenvalue weighted by molar-refractivity contribution is 5.83. The molecule has 0 aromatic heterocycles. The lowest BCUT2D eigenvalue weighted by Gasteiger charge is -2.02. The average Bonchev–Trinajstić information content (AvgIpc) is 2.73. The molecule has 2 amide bonds. The summed E-state index contributed by atoms with van der Waals surface area (Å²) in [5.74, 6) is -1.04. The van der Waals surface area contributed by atoms with Crippen molar-refractivity contribution >= 4 is 24.2 Å². The van der Waals surface area contributed by atoms with Gasteiger partial charge in [-0.15, -0.1) is 0 Å². The van der Waals surface area contributed by atoms with Crippen LogP contribution in [0.2, 0.25) is 0 Å². The number of nitrogens with one attached hydrogen (secondary N) is 2. The van der Waals surface area contributed by atoms with Crippen molar-refractivity contribution in [3.8, 4) is 0 Å². The Morgan fingerprint density at radius 1 is 0.667 bits per heavy atom. The molecular weight excluding hydrogens is 390 g/mol. The maximum absolute atomic E-state index is 12.8. The molecule has 0 aliphatic carbocycles. The number of halogens is 2. The SMILES string of the molecule is O=C(CCCCCCC(=O)NN=Cc1ccc(F)cc1)NN=Cc1ccc(F)cc1. The molecule has 0 heterocycles. The summed E-state index contributed by atoms with van der Waals surface area (Å²) >= 11 is 0. The van der Waals surface area contributed by atoms with E-state index in [9.17, 15) is 18.4 Å². The van der Waals surface area contributed by atoms with Gasteiger partial charge in [0, 0.05) is 12.8 Å². The number of carbonyl (C=O) groups is 2. The minimum Gasteiger partial charge on any atom is -0.273 e. The number of hydrogen-bond donors (Lipinski definition) is 2. The van der Waals surface area contributed by atoms with Crippen LogP contribution in [0.4, 0.5) is 8.78 Å². The van der Waals surface area contributed by atoms with Gasteiger partial charge in [-0.2, -0.15) is 10.2 Å². The molecule has 30 heavy (non-hydrogen) atoms. The number of hydrazone groups is 2. The Morgan fingerprint density at radius 2 is 1.03 bits per heavy atom. The molecule has 2 aromatic rings. The maximum atomic E-state index is 12.8. The third kappa shape index (κ3) is 9.68.